The molecule has 6 rings (SSSR count). The number of benzene rings is 2. The molecular weight excluding hydrogens is 458 g/mol. The smallest absolute Gasteiger partial charge is 0.237 e. The van der Waals surface area contributed by atoms with Crippen molar-refractivity contribution in [3.05, 3.63) is 89.2 Å². The zero-order valence-electron chi connectivity index (χ0n) is 21.9. The predicted molar refractivity (Wildman–Crippen MR) is 147 cm³/mol. The van der Waals surface area contributed by atoms with Crippen molar-refractivity contribution < 1.29 is 4.79 Å². The highest BCUT2D eigenvalue weighted by Gasteiger charge is 2.40. The molecule has 2 fully saturated rings. The Kier molecular flexibility index (Phi) is 6.68. The summed E-state index contributed by atoms with van der Waals surface area (Å²) in [5.41, 5.74) is 3.58. The molecule has 1 aromatic heterocycles. The van der Waals surface area contributed by atoms with Gasteiger partial charge in [0, 0.05) is 57.9 Å². The highest BCUT2D eigenvalue weighted by molar-refractivity contribution is 5.91. The maximum Gasteiger partial charge on any atom is 0.237 e. The van der Waals surface area contributed by atoms with Crippen molar-refractivity contribution in [1.82, 2.24) is 19.8 Å². The SMILES string of the molecule is CC(C(=O)N1CCc2cnc(N3CCN(C4CCC4)CC3)nc2CC1)(c1ccccc1)c1ccccc1. The van der Waals surface area contributed by atoms with Gasteiger partial charge in [-0.25, -0.2) is 9.97 Å². The summed E-state index contributed by atoms with van der Waals surface area (Å²) in [5.74, 6) is 1.00. The molecule has 0 radical (unpaired) electrons. The summed E-state index contributed by atoms with van der Waals surface area (Å²) < 4.78 is 0. The summed E-state index contributed by atoms with van der Waals surface area (Å²) >= 11 is 0. The second kappa shape index (κ2) is 10.3. The second-order valence-corrected chi connectivity index (χ2v) is 10.9. The van der Waals surface area contributed by atoms with Crippen LogP contribution in [0.1, 0.15) is 48.6 Å². The molecule has 0 unspecified atom stereocenters. The van der Waals surface area contributed by atoms with E-state index in [1.807, 2.05) is 47.5 Å². The number of amides is 1. The molecule has 192 valence electrons. The number of carbonyl (C=O) groups excluding carboxylic acids is 1. The van der Waals surface area contributed by atoms with Crippen molar-refractivity contribution >= 4 is 11.9 Å². The van der Waals surface area contributed by atoms with Crippen LogP contribution in [-0.4, -0.2) is 71.0 Å². The molecule has 2 aliphatic heterocycles. The number of fused-ring (bicyclic) bond motifs is 1. The van der Waals surface area contributed by atoms with Gasteiger partial charge in [-0.05, 0) is 42.9 Å². The molecule has 3 heterocycles. The number of anilines is 1. The number of nitrogens with zero attached hydrogens (tertiary/aromatic N) is 5. The van der Waals surface area contributed by atoms with Crippen molar-refractivity contribution in [3.63, 3.8) is 0 Å². The second-order valence-electron chi connectivity index (χ2n) is 10.9. The third-order valence-electron chi connectivity index (χ3n) is 8.82. The lowest BCUT2D eigenvalue weighted by molar-refractivity contribution is -0.135. The third kappa shape index (κ3) is 4.63. The van der Waals surface area contributed by atoms with Crippen molar-refractivity contribution in [2.75, 3.05) is 44.2 Å². The highest BCUT2D eigenvalue weighted by Crippen LogP contribution is 2.35. The summed E-state index contributed by atoms with van der Waals surface area (Å²) in [6.45, 7) is 7.62. The number of rotatable bonds is 5. The Morgan fingerprint density at radius 1 is 0.838 bits per heavy atom. The van der Waals surface area contributed by atoms with Crippen LogP contribution in [0.25, 0.3) is 0 Å². The average molecular weight is 496 g/mol. The lowest BCUT2D eigenvalue weighted by atomic mass is 9.75. The fourth-order valence-corrected chi connectivity index (χ4v) is 6.13. The monoisotopic (exact) mass is 495 g/mol. The molecule has 0 atom stereocenters. The molecule has 1 amide bonds. The highest BCUT2D eigenvalue weighted by atomic mass is 16.2. The summed E-state index contributed by atoms with van der Waals surface area (Å²) in [6.07, 6.45) is 7.66. The van der Waals surface area contributed by atoms with Gasteiger partial charge in [0.05, 0.1) is 11.1 Å². The molecule has 1 saturated carbocycles. The van der Waals surface area contributed by atoms with Crippen LogP contribution in [0.4, 0.5) is 5.95 Å². The van der Waals surface area contributed by atoms with Crippen LogP contribution in [0, 0.1) is 0 Å². The normalized spacial score (nSPS) is 19.2. The summed E-state index contributed by atoms with van der Waals surface area (Å²) in [4.78, 5) is 31.1. The molecule has 6 heteroatoms. The van der Waals surface area contributed by atoms with Gasteiger partial charge in [-0.2, -0.15) is 0 Å². The Balaban J connectivity index is 1.19. The van der Waals surface area contributed by atoms with Gasteiger partial charge in [0.2, 0.25) is 11.9 Å². The van der Waals surface area contributed by atoms with E-state index in [2.05, 4.69) is 41.0 Å². The fourth-order valence-electron chi connectivity index (χ4n) is 6.13. The van der Waals surface area contributed by atoms with E-state index in [1.54, 1.807) is 0 Å². The molecule has 1 saturated heterocycles. The van der Waals surface area contributed by atoms with Crippen LogP contribution in [0.15, 0.2) is 66.9 Å². The van der Waals surface area contributed by atoms with Gasteiger partial charge in [-0.1, -0.05) is 67.1 Å². The van der Waals surface area contributed by atoms with E-state index in [-0.39, 0.29) is 5.91 Å². The standard InChI is InChI=1S/C31H37N5O/c1-31(25-9-4-2-5-10-25,26-11-6-3-7-12-26)29(37)35-17-15-24-23-32-30(33-28(24)16-18-35)36-21-19-34(20-22-36)27-13-8-14-27/h2-7,9-12,23,27H,8,13-22H2,1H3. The Morgan fingerprint density at radius 2 is 1.46 bits per heavy atom. The third-order valence-corrected chi connectivity index (χ3v) is 8.82. The lowest BCUT2D eigenvalue weighted by Crippen LogP contribution is -2.52. The Bertz CT molecular complexity index is 1180. The zero-order valence-corrected chi connectivity index (χ0v) is 21.9. The van der Waals surface area contributed by atoms with Crippen LogP contribution < -0.4 is 4.90 Å². The van der Waals surface area contributed by atoms with Crippen LogP contribution in [-0.2, 0) is 23.1 Å². The van der Waals surface area contributed by atoms with Gasteiger partial charge in [0.1, 0.15) is 0 Å². The van der Waals surface area contributed by atoms with Crippen molar-refractivity contribution in [2.45, 2.75) is 50.5 Å². The molecule has 1 aliphatic carbocycles. The average Bonchev–Trinajstić information content (AvgIpc) is 3.15. The fraction of sp³-hybridized carbons (Fsp3) is 0.452. The van der Waals surface area contributed by atoms with E-state index >= 15 is 0 Å². The number of aromatic nitrogens is 2. The van der Waals surface area contributed by atoms with Gasteiger partial charge < -0.3 is 9.80 Å². The van der Waals surface area contributed by atoms with Gasteiger partial charge in [0.15, 0.2) is 0 Å². The van der Waals surface area contributed by atoms with Crippen LogP contribution in [0.3, 0.4) is 0 Å². The first kappa shape index (κ1) is 24.1. The molecular formula is C31H37N5O. The Labute approximate surface area is 220 Å². The first-order chi connectivity index (χ1) is 18.1. The van der Waals surface area contributed by atoms with Crippen molar-refractivity contribution in [2.24, 2.45) is 0 Å². The number of carbonyl (C=O) groups is 1. The topological polar surface area (TPSA) is 52.6 Å². The lowest BCUT2D eigenvalue weighted by Gasteiger charge is -2.43. The maximum absolute atomic E-state index is 14.2. The van der Waals surface area contributed by atoms with E-state index < -0.39 is 5.41 Å². The first-order valence-electron chi connectivity index (χ1n) is 13.9. The zero-order chi connectivity index (χ0) is 25.2. The van der Waals surface area contributed by atoms with E-state index in [9.17, 15) is 4.79 Å². The molecule has 2 aromatic carbocycles. The quantitative estimate of drug-likeness (QED) is 0.534. The van der Waals surface area contributed by atoms with E-state index in [0.29, 0.717) is 13.1 Å². The molecule has 3 aromatic rings. The molecule has 0 bridgehead atoms. The minimum absolute atomic E-state index is 0.151. The van der Waals surface area contributed by atoms with Crippen LogP contribution in [0.5, 0.6) is 0 Å². The van der Waals surface area contributed by atoms with Gasteiger partial charge in [0.25, 0.3) is 0 Å². The molecule has 6 nitrogen and oxygen atoms in total. The van der Waals surface area contributed by atoms with Crippen molar-refractivity contribution in [3.8, 4) is 0 Å². The number of hydrogen-bond donors (Lipinski definition) is 0. The minimum Gasteiger partial charge on any atom is -0.341 e. The molecule has 0 spiro atoms. The molecule has 37 heavy (non-hydrogen) atoms. The van der Waals surface area contributed by atoms with E-state index in [0.717, 1.165) is 67.8 Å². The summed E-state index contributed by atoms with van der Waals surface area (Å²) in [7, 11) is 0. The summed E-state index contributed by atoms with van der Waals surface area (Å²) in [6, 6.07) is 21.2. The first-order valence-corrected chi connectivity index (χ1v) is 13.9. The molecule has 3 aliphatic rings. The number of hydrogen-bond acceptors (Lipinski definition) is 5. The largest absolute Gasteiger partial charge is 0.341 e. The van der Waals surface area contributed by atoms with Crippen molar-refractivity contribution in [1.29, 1.82) is 0 Å². The Hall–Kier alpha value is -3.25. The molecule has 0 N–H and O–H groups in total. The maximum atomic E-state index is 14.2. The minimum atomic E-state index is -0.740. The van der Waals surface area contributed by atoms with Gasteiger partial charge in [-0.15, -0.1) is 0 Å². The summed E-state index contributed by atoms with van der Waals surface area (Å²) in [5, 5.41) is 0. The predicted octanol–water partition coefficient (Wildman–Crippen LogP) is 4.08. The van der Waals surface area contributed by atoms with E-state index in [1.165, 1.54) is 24.8 Å². The van der Waals surface area contributed by atoms with Crippen LogP contribution in [0.2, 0.25) is 0 Å². The van der Waals surface area contributed by atoms with E-state index in [4.69, 9.17) is 9.97 Å². The van der Waals surface area contributed by atoms with Gasteiger partial charge >= 0.3 is 0 Å². The van der Waals surface area contributed by atoms with Crippen LogP contribution >= 0.6 is 0 Å². The Morgan fingerprint density at radius 3 is 2.05 bits per heavy atom. The van der Waals surface area contributed by atoms with Gasteiger partial charge in [-0.3, -0.25) is 9.69 Å². The number of piperazine rings is 1.